The Hall–Kier alpha value is -4.07. The molecule has 180 valence electrons. The smallest absolute Gasteiger partial charge is 0.332 e. The lowest BCUT2D eigenvalue weighted by Gasteiger charge is -2.33. The van der Waals surface area contributed by atoms with Gasteiger partial charge in [0, 0.05) is 32.4 Å². The zero-order valence-corrected chi connectivity index (χ0v) is 20.2. The van der Waals surface area contributed by atoms with Gasteiger partial charge in [0.1, 0.15) is 5.75 Å². The summed E-state index contributed by atoms with van der Waals surface area (Å²) in [5.41, 5.74) is 2.14. The first-order valence-corrected chi connectivity index (χ1v) is 11.9. The molecule has 0 bridgehead atoms. The highest BCUT2D eigenvalue weighted by atomic mass is 16.5. The van der Waals surface area contributed by atoms with Crippen LogP contribution in [-0.4, -0.2) is 31.8 Å². The number of hydrogen-bond donors (Lipinski definition) is 0. The molecule has 2 aromatic heterocycles. The normalized spacial score (nSPS) is 15.6. The summed E-state index contributed by atoms with van der Waals surface area (Å²) in [4.78, 5) is 33.5. The van der Waals surface area contributed by atoms with Crippen LogP contribution in [0.3, 0.4) is 0 Å². The molecule has 0 aliphatic carbocycles. The van der Waals surface area contributed by atoms with Gasteiger partial charge in [-0.05, 0) is 42.7 Å². The van der Waals surface area contributed by atoms with Crippen molar-refractivity contribution in [2.75, 3.05) is 18.1 Å². The predicted molar refractivity (Wildman–Crippen MR) is 138 cm³/mol. The summed E-state index contributed by atoms with van der Waals surface area (Å²) in [6.45, 7) is 6.33. The van der Waals surface area contributed by atoms with Crippen LogP contribution in [-0.2, 0) is 20.1 Å². The minimum absolute atomic E-state index is 0.189. The van der Waals surface area contributed by atoms with Crippen LogP contribution in [0.15, 0.2) is 70.3 Å². The van der Waals surface area contributed by atoms with Gasteiger partial charge in [-0.25, -0.2) is 4.79 Å². The monoisotopic (exact) mass is 471 g/mol. The molecular formula is C27H29N5O3. The zero-order chi connectivity index (χ0) is 24.5. The van der Waals surface area contributed by atoms with Crippen molar-refractivity contribution >= 4 is 28.9 Å². The molecule has 0 N–H and O–H groups in total. The fourth-order valence-electron chi connectivity index (χ4n) is 4.63. The van der Waals surface area contributed by atoms with Gasteiger partial charge in [0.25, 0.3) is 5.56 Å². The number of ether oxygens (including phenoxy) is 1. The number of aryl methyl sites for hydroxylation is 1. The van der Waals surface area contributed by atoms with E-state index in [0.29, 0.717) is 30.3 Å². The third kappa shape index (κ3) is 4.16. The quantitative estimate of drug-likeness (QED) is 0.428. The minimum Gasteiger partial charge on any atom is -0.494 e. The van der Waals surface area contributed by atoms with Crippen LogP contribution in [0.5, 0.6) is 5.75 Å². The molecule has 0 spiro atoms. The summed E-state index contributed by atoms with van der Waals surface area (Å²) in [6.07, 6.45) is 3.75. The second-order valence-electron chi connectivity index (χ2n) is 8.91. The highest BCUT2D eigenvalue weighted by Gasteiger charge is 2.29. The van der Waals surface area contributed by atoms with E-state index in [0.717, 1.165) is 23.5 Å². The van der Waals surface area contributed by atoms with Crippen molar-refractivity contribution in [2.24, 2.45) is 13.0 Å². The molecule has 1 aliphatic heterocycles. The Bertz CT molecular complexity index is 1500. The molecule has 0 fully saturated rings. The lowest BCUT2D eigenvalue weighted by Crippen LogP contribution is -2.40. The molecular weight excluding hydrogens is 442 g/mol. The molecule has 0 saturated heterocycles. The number of aromatic nitrogens is 4. The highest BCUT2D eigenvalue weighted by Crippen LogP contribution is 2.33. The first kappa shape index (κ1) is 22.7. The van der Waals surface area contributed by atoms with Crippen LogP contribution in [0.1, 0.15) is 19.4 Å². The van der Waals surface area contributed by atoms with Crippen molar-refractivity contribution in [3.05, 3.63) is 87.1 Å². The van der Waals surface area contributed by atoms with E-state index in [4.69, 9.17) is 9.72 Å². The molecule has 8 nitrogen and oxygen atoms in total. The summed E-state index contributed by atoms with van der Waals surface area (Å²) in [5, 5.41) is 0. The number of hydrogen-bond acceptors (Lipinski definition) is 5. The van der Waals surface area contributed by atoms with Gasteiger partial charge in [0.15, 0.2) is 11.2 Å². The van der Waals surface area contributed by atoms with Crippen molar-refractivity contribution in [3.63, 3.8) is 0 Å². The number of benzene rings is 2. The van der Waals surface area contributed by atoms with E-state index in [1.807, 2.05) is 78.2 Å². The number of rotatable bonds is 6. The molecule has 2 aromatic carbocycles. The second-order valence-corrected chi connectivity index (χ2v) is 8.91. The molecule has 0 saturated carbocycles. The first-order chi connectivity index (χ1) is 17.0. The van der Waals surface area contributed by atoms with Gasteiger partial charge in [-0.3, -0.25) is 13.9 Å². The van der Waals surface area contributed by atoms with Crippen LogP contribution in [0.25, 0.3) is 17.2 Å². The Morgan fingerprint density at radius 2 is 1.80 bits per heavy atom. The molecule has 8 heteroatoms. The predicted octanol–water partition coefficient (Wildman–Crippen LogP) is 3.80. The van der Waals surface area contributed by atoms with Crippen molar-refractivity contribution in [3.8, 4) is 5.75 Å². The maximum absolute atomic E-state index is 13.6. The van der Waals surface area contributed by atoms with Gasteiger partial charge in [-0.15, -0.1) is 0 Å². The maximum Gasteiger partial charge on any atom is 0.332 e. The summed E-state index contributed by atoms with van der Waals surface area (Å²) in [7, 11) is 1.67. The Kier molecular flexibility index (Phi) is 6.03. The fourth-order valence-corrected chi connectivity index (χ4v) is 4.63. The van der Waals surface area contributed by atoms with Gasteiger partial charge >= 0.3 is 5.69 Å². The average Bonchev–Trinajstić information content (AvgIpc) is 3.25. The van der Waals surface area contributed by atoms with E-state index in [2.05, 4.69) is 11.8 Å². The molecule has 1 aliphatic rings. The number of imidazole rings is 1. The highest BCUT2D eigenvalue weighted by molar-refractivity contribution is 5.77. The Balaban J connectivity index is 1.58. The topological polar surface area (TPSA) is 74.3 Å². The first-order valence-electron chi connectivity index (χ1n) is 11.9. The van der Waals surface area contributed by atoms with E-state index in [1.165, 1.54) is 9.13 Å². The third-order valence-electron chi connectivity index (χ3n) is 6.30. The minimum atomic E-state index is -0.378. The van der Waals surface area contributed by atoms with Crippen molar-refractivity contribution in [2.45, 2.75) is 26.9 Å². The Morgan fingerprint density at radius 3 is 2.51 bits per heavy atom. The van der Waals surface area contributed by atoms with Crippen LogP contribution >= 0.6 is 0 Å². The average molecular weight is 472 g/mol. The number of anilines is 2. The fraction of sp³-hybridized carbons (Fsp3) is 0.296. The lowest BCUT2D eigenvalue weighted by atomic mass is 10.1. The Labute approximate surface area is 203 Å². The summed E-state index contributed by atoms with van der Waals surface area (Å²) < 4.78 is 10.3. The van der Waals surface area contributed by atoms with Gasteiger partial charge in [0.2, 0.25) is 5.95 Å². The molecule has 0 unspecified atom stereocenters. The van der Waals surface area contributed by atoms with E-state index in [9.17, 15) is 9.59 Å². The molecule has 4 aromatic rings. The third-order valence-corrected chi connectivity index (χ3v) is 6.30. The second kappa shape index (κ2) is 9.29. The van der Waals surface area contributed by atoms with E-state index in [-0.39, 0.29) is 23.7 Å². The molecule has 0 radical (unpaired) electrons. The zero-order valence-electron chi connectivity index (χ0n) is 20.2. The standard InChI is InChI=1S/C27H29N5O3/c1-4-35-22-14-12-21(13-15-22)31-17-19(2)18-32-23-24(28-26(31)32)29(3)27(34)30(25(23)33)16-8-11-20-9-6-5-7-10-20/h5-15,19H,4,16-18H2,1-3H3/b11-8+/t19-/m0/s1. The Morgan fingerprint density at radius 1 is 1.06 bits per heavy atom. The summed E-state index contributed by atoms with van der Waals surface area (Å²) >= 11 is 0. The molecule has 35 heavy (non-hydrogen) atoms. The summed E-state index contributed by atoms with van der Waals surface area (Å²) in [5.74, 6) is 1.77. The van der Waals surface area contributed by atoms with Crippen molar-refractivity contribution in [1.29, 1.82) is 0 Å². The van der Waals surface area contributed by atoms with Crippen LogP contribution in [0.2, 0.25) is 0 Å². The SMILES string of the molecule is CCOc1ccc(N2C[C@H](C)Cn3c2nc2c3c(=O)n(C/C=C/c3ccccc3)c(=O)n2C)cc1. The lowest BCUT2D eigenvalue weighted by molar-refractivity contribution is 0.340. The van der Waals surface area contributed by atoms with Gasteiger partial charge in [-0.2, -0.15) is 4.98 Å². The van der Waals surface area contributed by atoms with E-state index >= 15 is 0 Å². The van der Waals surface area contributed by atoms with Gasteiger partial charge < -0.3 is 14.2 Å². The van der Waals surface area contributed by atoms with E-state index < -0.39 is 0 Å². The van der Waals surface area contributed by atoms with Crippen molar-refractivity contribution in [1.82, 2.24) is 18.7 Å². The van der Waals surface area contributed by atoms with Crippen LogP contribution in [0, 0.1) is 5.92 Å². The molecule has 1 atom stereocenters. The van der Waals surface area contributed by atoms with Gasteiger partial charge in [-0.1, -0.05) is 49.4 Å². The van der Waals surface area contributed by atoms with Crippen LogP contribution < -0.4 is 20.9 Å². The van der Waals surface area contributed by atoms with E-state index in [1.54, 1.807) is 7.05 Å². The van der Waals surface area contributed by atoms with Crippen LogP contribution in [0.4, 0.5) is 11.6 Å². The molecule has 5 rings (SSSR count). The maximum atomic E-state index is 13.6. The van der Waals surface area contributed by atoms with Crippen molar-refractivity contribution < 1.29 is 4.74 Å². The number of fused-ring (bicyclic) bond motifs is 3. The molecule has 0 amide bonds. The largest absolute Gasteiger partial charge is 0.494 e. The molecule has 3 heterocycles. The number of allylic oxidation sites excluding steroid dienone is 1. The number of nitrogens with zero attached hydrogens (tertiary/aromatic N) is 5. The summed E-state index contributed by atoms with van der Waals surface area (Å²) in [6, 6.07) is 17.7. The van der Waals surface area contributed by atoms with Gasteiger partial charge in [0.05, 0.1) is 6.61 Å².